The molecule has 1 amide bonds. The maximum Gasteiger partial charge on any atom is 0.244 e. The number of nitrogens with one attached hydrogen (secondary N) is 1. The molecule has 0 spiro atoms. The lowest BCUT2D eigenvalue weighted by Crippen LogP contribution is -2.33. The standard InChI is InChI=1S/C11H18ClN3O/c1-4-5-15-7-13-6-9(15)10(12)11(16)14-8(2)3/h6-8,10H,4-5H2,1-3H3,(H,14,16). The van der Waals surface area contributed by atoms with Gasteiger partial charge in [-0.15, -0.1) is 11.6 Å². The van der Waals surface area contributed by atoms with Gasteiger partial charge in [-0.05, 0) is 20.3 Å². The Labute approximate surface area is 101 Å². The van der Waals surface area contributed by atoms with Gasteiger partial charge in [-0.1, -0.05) is 6.92 Å². The predicted octanol–water partition coefficient (Wildman–Crippen LogP) is 2.10. The summed E-state index contributed by atoms with van der Waals surface area (Å²) in [5, 5.41) is 2.12. The summed E-state index contributed by atoms with van der Waals surface area (Å²) in [4.78, 5) is 15.7. The molecule has 0 aliphatic heterocycles. The van der Waals surface area contributed by atoms with Gasteiger partial charge < -0.3 is 9.88 Å². The van der Waals surface area contributed by atoms with Crippen LogP contribution in [0.5, 0.6) is 0 Å². The molecule has 0 fully saturated rings. The van der Waals surface area contributed by atoms with Crippen LogP contribution in [0.3, 0.4) is 0 Å². The average Bonchev–Trinajstić information content (AvgIpc) is 2.64. The van der Waals surface area contributed by atoms with Crippen LogP contribution >= 0.6 is 11.6 Å². The highest BCUT2D eigenvalue weighted by Crippen LogP contribution is 2.20. The molecule has 1 rings (SSSR count). The van der Waals surface area contributed by atoms with Crippen molar-refractivity contribution in [3.8, 4) is 0 Å². The van der Waals surface area contributed by atoms with Gasteiger partial charge in [-0.25, -0.2) is 4.98 Å². The van der Waals surface area contributed by atoms with Crippen LogP contribution in [0.4, 0.5) is 0 Å². The lowest BCUT2D eigenvalue weighted by molar-refractivity contribution is -0.121. The first-order valence-electron chi connectivity index (χ1n) is 5.50. The maximum atomic E-state index is 11.7. The molecule has 4 nitrogen and oxygen atoms in total. The summed E-state index contributed by atoms with van der Waals surface area (Å²) in [5.41, 5.74) is 0.752. The van der Waals surface area contributed by atoms with Crippen LogP contribution < -0.4 is 5.32 Å². The SMILES string of the molecule is CCCn1cncc1C(Cl)C(=O)NC(C)C. The molecule has 90 valence electrons. The van der Waals surface area contributed by atoms with Crippen LogP contribution in [0, 0.1) is 0 Å². The zero-order valence-electron chi connectivity index (χ0n) is 9.90. The lowest BCUT2D eigenvalue weighted by atomic mass is 10.2. The van der Waals surface area contributed by atoms with E-state index in [1.807, 2.05) is 18.4 Å². The van der Waals surface area contributed by atoms with E-state index in [-0.39, 0.29) is 11.9 Å². The van der Waals surface area contributed by atoms with E-state index in [0.717, 1.165) is 18.7 Å². The van der Waals surface area contributed by atoms with Gasteiger partial charge >= 0.3 is 0 Å². The molecule has 1 aromatic heterocycles. The van der Waals surface area contributed by atoms with Crippen molar-refractivity contribution in [1.82, 2.24) is 14.9 Å². The number of imidazole rings is 1. The molecule has 1 atom stereocenters. The third-order valence-corrected chi connectivity index (χ3v) is 2.55. The largest absolute Gasteiger partial charge is 0.352 e. The Bertz CT molecular complexity index is 349. The summed E-state index contributed by atoms with van der Waals surface area (Å²) < 4.78 is 1.91. The Morgan fingerprint density at radius 2 is 2.31 bits per heavy atom. The molecular formula is C11H18ClN3O. The van der Waals surface area contributed by atoms with Gasteiger partial charge in [0.1, 0.15) is 0 Å². The predicted molar refractivity (Wildman–Crippen MR) is 64.4 cm³/mol. The van der Waals surface area contributed by atoms with Crippen LogP contribution in [-0.2, 0) is 11.3 Å². The topological polar surface area (TPSA) is 46.9 Å². The summed E-state index contributed by atoms with van der Waals surface area (Å²) in [6.45, 7) is 6.71. The van der Waals surface area contributed by atoms with Crippen molar-refractivity contribution in [3.05, 3.63) is 18.2 Å². The number of nitrogens with zero attached hydrogens (tertiary/aromatic N) is 2. The molecule has 0 saturated carbocycles. The molecule has 1 heterocycles. The number of aryl methyl sites for hydroxylation is 1. The van der Waals surface area contributed by atoms with E-state index < -0.39 is 5.38 Å². The Morgan fingerprint density at radius 3 is 2.88 bits per heavy atom. The molecule has 16 heavy (non-hydrogen) atoms. The van der Waals surface area contributed by atoms with Crippen LogP contribution in [0.25, 0.3) is 0 Å². The van der Waals surface area contributed by atoms with Crippen molar-refractivity contribution in [2.75, 3.05) is 0 Å². The number of rotatable bonds is 5. The molecular weight excluding hydrogens is 226 g/mol. The molecule has 0 saturated heterocycles. The summed E-state index contributed by atoms with van der Waals surface area (Å²) in [6, 6.07) is 0.0938. The number of carbonyl (C=O) groups excluding carboxylic acids is 1. The van der Waals surface area contributed by atoms with Crippen LogP contribution in [0.1, 0.15) is 38.3 Å². The van der Waals surface area contributed by atoms with E-state index in [1.165, 1.54) is 0 Å². The van der Waals surface area contributed by atoms with Crippen LogP contribution in [-0.4, -0.2) is 21.5 Å². The number of alkyl halides is 1. The minimum absolute atomic E-state index is 0.0938. The lowest BCUT2D eigenvalue weighted by Gasteiger charge is -2.14. The van der Waals surface area contributed by atoms with E-state index in [9.17, 15) is 4.79 Å². The number of carbonyl (C=O) groups is 1. The van der Waals surface area contributed by atoms with Crippen LogP contribution in [0.15, 0.2) is 12.5 Å². The third-order valence-electron chi connectivity index (χ3n) is 2.13. The fraction of sp³-hybridized carbons (Fsp3) is 0.636. The first kappa shape index (κ1) is 13.0. The van der Waals surface area contributed by atoms with Crippen molar-refractivity contribution in [2.24, 2.45) is 0 Å². The van der Waals surface area contributed by atoms with E-state index >= 15 is 0 Å². The fourth-order valence-corrected chi connectivity index (χ4v) is 1.71. The van der Waals surface area contributed by atoms with Gasteiger partial charge in [0.2, 0.25) is 5.91 Å². The Hall–Kier alpha value is -1.03. The highest BCUT2D eigenvalue weighted by Gasteiger charge is 2.21. The first-order valence-corrected chi connectivity index (χ1v) is 5.94. The van der Waals surface area contributed by atoms with Gasteiger partial charge in [0, 0.05) is 12.6 Å². The van der Waals surface area contributed by atoms with Crippen molar-refractivity contribution < 1.29 is 4.79 Å². The highest BCUT2D eigenvalue weighted by atomic mass is 35.5. The minimum atomic E-state index is -0.670. The van der Waals surface area contributed by atoms with Gasteiger partial charge in [0.05, 0.1) is 18.2 Å². The quantitative estimate of drug-likeness (QED) is 0.805. The smallest absolute Gasteiger partial charge is 0.244 e. The van der Waals surface area contributed by atoms with Crippen molar-refractivity contribution >= 4 is 17.5 Å². The number of hydrogen-bond donors (Lipinski definition) is 1. The highest BCUT2D eigenvalue weighted by molar-refractivity contribution is 6.30. The molecule has 1 N–H and O–H groups in total. The zero-order valence-corrected chi connectivity index (χ0v) is 10.7. The first-order chi connectivity index (χ1) is 7.56. The minimum Gasteiger partial charge on any atom is -0.352 e. The van der Waals surface area contributed by atoms with Crippen molar-refractivity contribution in [2.45, 2.75) is 45.2 Å². The second kappa shape index (κ2) is 5.89. The number of halogens is 1. The van der Waals surface area contributed by atoms with E-state index in [0.29, 0.717) is 0 Å². The van der Waals surface area contributed by atoms with E-state index in [2.05, 4.69) is 17.2 Å². The van der Waals surface area contributed by atoms with Crippen molar-refractivity contribution in [3.63, 3.8) is 0 Å². The van der Waals surface area contributed by atoms with E-state index in [4.69, 9.17) is 11.6 Å². The Kier molecular flexibility index (Phi) is 4.80. The average molecular weight is 244 g/mol. The monoisotopic (exact) mass is 243 g/mol. The summed E-state index contributed by atoms with van der Waals surface area (Å²) in [6.07, 6.45) is 4.34. The number of hydrogen-bond acceptors (Lipinski definition) is 2. The summed E-state index contributed by atoms with van der Waals surface area (Å²) in [5.74, 6) is -0.172. The Morgan fingerprint density at radius 1 is 1.62 bits per heavy atom. The van der Waals surface area contributed by atoms with Crippen LogP contribution in [0.2, 0.25) is 0 Å². The third kappa shape index (κ3) is 3.23. The van der Waals surface area contributed by atoms with Gasteiger partial charge in [0.15, 0.2) is 5.38 Å². The zero-order chi connectivity index (χ0) is 12.1. The molecule has 1 unspecified atom stereocenters. The van der Waals surface area contributed by atoms with Gasteiger partial charge in [-0.2, -0.15) is 0 Å². The molecule has 1 aromatic rings. The van der Waals surface area contributed by atoms with Crippen molar-refractivity contribution in [1.29, 1.82) is 0 Å². The molecule has 0 aliphatic rings. The van der Waals surface area contributed by atoms with Gasteiger partial charge in [0.25, 0.3) is 0 Å². The molecule has 0 bridgehead atoms. The van der Waals surface area contributed by atoms with Gasteiger partial charge in [-0.3, -0.25) is 4.79 Å². The Balaban J connectivity index is 2.75. The molecule has 0 radical (unpaired) electrons. The number of aromatic nitrogens is 2. The molecule has 0 aliphatic carbocycles. The normalized spacial score (nSPS) is 12.8. The second-order valence-corrected chi connectivity index (χ2v) is 4.47. The summed E-state index contributed by atoms with van der Waals surface area (Å²) in [7, 11) is 0. The van der Waals surface area contributed by atoms with E-state index in [1.54, 1.807) is 12.5 Å². The fourth-order valence-electron chi connectivity index (χ4n) is 1.46. The number of amides is 1. The molecule has 0 aromatic carbocycles. The maximum absolute atomic E-state index is 11.7. The molecule has 5 heteroatoms. The second-order valence-electron chi connectivity index (χ2n) is 4.04. The summed E-state index contributed by atoms with van der Waals surface area (Å²) >= 11 is 6.11.